The van der Waals surface area contributed by atoms with Crippen molar-refractivity contribution in [3.8, 4) is 11.4 Å². The third kappa shape index (κ3) is 3.59. The second-order valence-corrected chi connectivity index (χ2v) is 7.12. The highest BCUT2D eigenvalue weighted by molar-refractivity contribution is 5.93. The molecule has 0 bridgehead atoms. The molecular weight excluding hydrogens is 364 g/mol. The van der Waals surface area contributed by atoms with E-state index in [-0.39, 0.29) is 12.3 Å². The zero-order valence-electron chi connectivity index (χ0n) is 16.9. The summed E-state index contributed by atoms with van der Waals surface area (Å²) in [6, 6.07) is 9.64. The molecule has 29 heavy (non-hydrogen) atoms. The van der Waals surface area contributed by atoms with Crippen LogP contribution in [0, 0.1) is 27.7 Å². The van der Waals surface area contributed by atoms with Gasteiger partial charge in [-0.3, -0.25) is 9.78 Å². The molecule has 0 fully saturated rings. The summed E-state index contributed by atoms with van der Waals surface area (Å²) in [6.07, 6.45) is 3.64. The first-order valence-electron chi connectivity index (χ1n) is 9.43. The number of nitrogens with zero attached hydrogens (tertiary/aromatic N) is 5. The molecule has 1 N–H and O–H groups in total. The van der Waals surface area contributed by atoms with Crippen molar-refractivity contribution in [3.05, 3.63) is 70.8 Å². The second-order valence-electron chi connectivity index (χ2n) is 7.12. The lowest BCUT2D eigenvalue weighted by atomic mass is 10.1. The fourth-order valence-corrected chi connectivity index (χ4v) is 3.32. The highest BCUT2D eigenvalue weighted by atomic mass is 16.1. The summed E-state index contributed by atoms with van der Waals surface area (Å²) in [4.78, 5) is 25.9. The number of hydrogen-bond donors (Lipinski definition) is 1. The number of aromatic nitrogens is 5. The third-order valence-electron chi connectivity index (χ3n) is 5.18. The first kappa shape index (κ1) is 18.7. The number of nitrogens with one attached hydrogen (secondary N) is 1. The molecule has 3 heterocycles. The van der Waals surface area contributed by atoms with Gasteiger partial charge in [0.2, 0.25) is 5.91 Å². The molecule has 3 aromatic heterocycles. The molecule has 4 rings (SSSR count). The van der Waals surface area contributed by atoms with Gasteiger partial charge in [0.05, 0.1) is 6.42 Å². The number of fused-ring (bicyclic) bond motifs is 1. The highest BCUT2D eigenvalue weighted by Gasteiger charge is 2.17. The lowest BCUT2D eigenvalue weighted by molar-refractivity contribution is -0.115. The van der Waals surface area contributed by atoms with E-state index in [4.69, 9.17) is 0 Å². The first-order chi connectivity index (χ1) is 13.9. The number of amides is 1. The van der Waals surface area contributed by atoms with Crippen molar-refractivity contribution in [2.24, 2.45) is 0 Å². The first-order valence-corrected chi connectivity index (χ1v) is 9.43. The van der Waals surface area contributed by atoms with Gasteiger partial charge in [-0.05, 0) is 57.0 Å². The maximum atomic E-state index is 12.7. The van der Waals surface area contributed by atoms with Crippen LogP contribution in [0.2, 0.25) is 0 Å². The Morgan fingerprint density at radius 1 is 1.07 bits per heavy atom. The number of pyridine rings is 1. The van der Waals surface area contributed by atoms with E-state index in [2.05, 4.69) is 25.4 Å². The van der Waals surface area contributed by atoms with Crippen LogP contribution >= 0.6 is 0 Å². The number of carbonyl (C=O) groups excluding carboxylic acids is 1. The Balaban J connectivity index is 1.65. The van der Waals surface area contributed by atoms with Crippen LogP contribution in [0.1, 0.15) is 28.1 Å². The summed E-state index contributed by atoms with van der Waals surface area (Å²) in [5.41, 5.74) is 6.35. The summed E-state index contributed by atoms with van der Waals surface area (Å²) in [5, 5.41) is 7.59. The quantitative estimate of drug-likeness (QED) is 0.579. The molecule has 0 unspecified atom stereocenters. The van der Waals surface area contributed by atoms with Crippen molar-refractivity contribution < 1.29 is 4.79 Å². The van der Waals surface area contributed by atoms with Crippen molar-refractivity contribution in [3.63, 3.8) is 0 Å². The standard InChI is InChI=1S/C22H22N6O/c1-13-7-5-9-19(14(13)2)25-20(29)11-18-15(3)24-22-26-21(27-28(22)16(18)4)17-8-6-10-23-12-17/h5-10,12H,11H2,1-4H3,(H,25,29). The minimum Gasteiger partial charge on any atom is -0.326 e. The van der Waals surface area contributed by atoms with Gasteiger partial charge >= 0.3 is 0 Å². The number of anilines is 1. The van der Waals surface area contributed by atoms with Crippen molar-refractivity contribution in [1.82, 2.24) is 24.6 Å². The lowest BCUT2D eigenvalue weighted by Gasteiger charge is -2.13. The Kier molecular flexibility index (Phi) is 4.80. The van der Waals surface area contributed by atoms with Crippen molar-refractivity contribution in [2.45, 2.75) is 34.1 Å². The average molecular weight is 386 g/mol. The molecule has 4 aromatic rings. The van der Waals surface area contributed by atoms with E-state index in [1.807, 2.05) is 58.0 Å². The molecule has 1 aromatic carbocycles. The molecule has 7 nitrogen and oxygen atoms in total. The smallest absolute Gasteiger partial charge is 0.253 e. The SMILES string of the molecule is Cc1cccc(NC(=O)Cc2c(C)nc3nc(-c4cccnc4)nn3c2C)c1C. The molecule has 0 aliphatic carbocycles. The van der Waals surface area contributed by atoms with Gasteiger partial charge in [0.1, 0.15) is 0 Å². The maximum absolute atomic E-state index is 12.7. The molecule has 1 amide bonds. The predicted molar refractivity (Wildman–Crippen MR) is 112 cm³/mol. The molecular formula is C22H22N6O. The van der Waals surface area contributed by atoms with Crippen LogP contribution in [-0.2, 0) is 11.2 Å². The zero-order valence-corrected chi connectivity index (χ0v) is 16.9. The van der Waals surface area contributed by atoms with Gasteiger partial charge in [-0.15, -0.1) is 5.10 Å². The second kappa shape index (κ2) is 7.43. The van der Waals surface area contributed by atoms with Crippen molar-refractivity contribution in [2.75, 3.05) is 5.32 Å². The molecule has 7 heteroatoms. The minimum atomic E-state index is -0.0846. The maximum Gasteiger partial charge on any atom is 0.253 e. The van der Waals surface area contributed by atoms with Crippen LogP contribution in [0.25, 0.3) is 17.2 Å². The Morgan fingerprint density at radius 3 is 2.66 bits per heavy atom. The fraction of sp³-hybridized carbons (Fsp3) is 0.227. The van der Waals surface area contributed by atoms with Crippen LogP contribution in [0.5, 0.6) is 0 Å². The number of carbonyl (C=O) groups is 1. The van der Waals surface area contributed by atoms with Crippen LogP contribution in [-0.4, -0.2) is 30.5 Å². The number of aryl methyl sites for hydroxylation is 3. The van der Waals surface area contributed by atoms with Crippen LogP contribution in [0.15, 0.2) is 42.7 Å². The molecule has 0 aliphatic heterocycles. The van der Waals surface area contributed by atoms with E-state index in [0.717, 1.165) is 39.3 Å². The summed E-state index contributed by atoms with van der Waals surface area (Å²) < 4.78 is 1.69. The Labute approximate surface area is 168 Å². The highest BCUT2D eigenvalue weighted by Crippen LogP contribution is 2.21. The van der Waals surface area contributed by atoms with Crippen LogP contribution in [0.3, 0.4) is 0 Å². The van der Waals surface area contributed by atoms with E-state index < -0.39 is 0 Å². The zero-order chi connectivity index (χ0) is 20.5. The lowest BCUT2D eigenvalue weighted by Crippen LogP contribution is -2.18. The molecule has 0 saturated carbocycles. The van der Waals surface area contributed by atoms with Gasteiger partial charge in [-0.25, -0.2) is 9.50 Å². The average Bonchev–Trinajstić information content (AvgIpc) is 3.13. The van der Waals surface area contributed by atoms with E-state index in [1.165, 1.54) is 0 Å². The summed E-state index contributed by atoms with van der Waals surface area (Å²) in [6.45, 7) is 7.86. The molecule has 0 atom stereocenters. The van der Waals surface area contributed by atoms with Crippen LogP contribution in [0.4, 0.5) is 5.69 Å². The largest absolute Gasteiger partial charge is 0.326 e. The predicted octanol–water partition coefficient (Wildman–Crippen LogP) is 3.60. The van der Waals surface area contributed by atoms with Crippen molar-refractivity contribution >= 4 is 17.4 Å². The Bertz CT molecular complexity index is 1210. The monoisotopic (exact) mass is 386 g/mol. The summed E-state index contributed by atoms with van der Waals surface area (Å²) in [5.74, 6) is 0.987. The van der Waals surface area contributed by atoms with E-state index in [9.17, 15) is 4.79 Å². The van der Waals surface area contributed by atoms with Gasteiger partial charge in [-0.1, -0.05) is 12.1 Å². The topological polar surface area (TPSA) is 85.1 Å². The van der Waals surface area contributed by atoms with Crippen molar-refractivity contribution in [1.29, 1.82) is 0 Å². The fourth-order valence-electron chi connectivity index (χ4n) is 3.32. The van der Waals surface area contributed by atoms with E-state index >= 15 is 0 Å². The minimum absolute atomic E-state index is 0.0846. The Hall–Kier alpha value is -3.61. The summed E-state index contributed by atoms with van der Waals surface area (Å²) in [7, 11) is 0. The number of rotatable bonds is 4. The van der Waals surface area contributed by atoms with E-state index in [1.54, 1.807) is 16.9 Å². The molecule has 146 valence electrons. The van der Waals surface area contributed by atoms with Gasteiger partial charge in [0.15, 0.2) is 5.82 Å². The number of hydrogen-bond acceptors (Lipinski definition) is 5. The van der Waals surface area contributed by atoms with E-state index in [0.29, 0.717) is 11.6 Å². The van der Waals surface area contributed by atoms with Gasteiger partial charge in [0.25, 0.3) is 5.78 Å². The summed E-state index contributed by atoms with van der Waals surface area (Å²) >= 11 is 0. The molecule has 0 aliphatic rings. The van der Waals surface area contributed by atoms with Crippen LogP contribution < -0.4 is 5.32 Å². The van der Waals surface area contributed by atoms with Gasteiger partial charge in [-0.2, -0.15) is 4.98 Å². The van der Waals surface area contributed by atoms with Gasteiger partial charge < -0.3 is 5.32 Å². The number of benzene rings is 1. The van der Waals surface area contributed by atoms with Gasteiger partial charge in [0, 0.05) is 40.6 Å². The molecule has 0 saturated heterocycles. The Morgan fingerprint density at radius 2 is 1.90 bits per heavy atom. The normalized spacial score (nSPS) is 11.0. The third-order valence-corrected chi connectivity index (χ3v) is 5.18. The molecule has 0 spiro atoms. The molecule has 0 radical (unpaired) electrons.